The predicted octanol–water partition coefficient (Wildman–Crippen LogP) is 3.21. The van der Waals surface area contributed by atoms with Gasteiger partial charge in [0.25, 0.3) is 0 Å². The Bertz CT molecular complexity index is 432. The first-order chi connectivity index (χ1) is 8.59. The molecule has 18 heavy (non-hydrogen) atoms. The van der Waals surface area contributed by atoms with Crippen LogP contribution in [0.25, 0.3) is 6.08 Å². The van der Waals surface area contributed by atoms with Gasteiger partial charge in [-0.3, -0.25) is 4.79 Å². The van der Waals surface area contributed by atoms with Crippen LogP contribution in [0, 0.1) is 5.92 Å². The molecule has 2 unspecified atom stereocenters. The van der Waals surface area contributed by atoms with Crippen LogP contribution in [-0.2, 0) is 4.79 Å². The number of carbonyl (C=O) groups is 1. The molecule has 1 N–H and O–H groups in total. The van der Waals surface area contributed by atoms with Crippen molar-refractivity contribution in [1.82, 2.24) is 0 Å². The van der Waals surface area contributed by atoms with Gasteiger partial charge in [-0.25, -0.2) is 0 Å². The molecule has 0 heterocycles. The van der Waals surface area contributed by atoms with E-state index < -0.39 is 5.60 Å². The zero-order valence-electron chi connectivity index (χ0n) is 10.8. The van der Waals surface area contributed by atoms with Crippen LogP contribution in [0.2, 0.25) is 0 Å². The van der Waals surface area contributed by atoms with Crippen LogP contribution in [0.15, 0.2) is 36.4 Å². The lowest BCUT2D eigenvalue weighted by Gasteiger charge is -2.32. The highest BCUT2D eigenvalue weighted by Gasteiger charge is 2.36. The molecule has 1 aliphatic rings. The molecule has 1 aromatic rings. The van der Waals surface area contributed by atoms with Crippen LogP contribution >= 0.6 is 0 Å². The Morgan fingerprint density at radius 2 is 2.00 bits per heavy atom. The van der Waals surface area contributed by atoms with Crippen LogP contribution in [0.1, 0.15) is 38.2 Å². The van der Waals surface area contributed by atoms with Crippen LogP contribution < -0.4 is 0 Å². The topological polar surface area (TPSA) is 37.3 Å². The molecule has 96 valence electrons. The molecule has 0 amide bonds. The van der Waals surface area contributed by atoms with Gasteiger partial charge in [-0.15, -0.1) is 0 Å². The molecule has 0 spiro atoms. The summed E-state index contributed by atoms with van der Waals surface area (Å²) in [6.07, 6.45) is 7.06. The van der Waals surface area contributed by atoms with E-state index in [0.29, 0.717) is 6.42 Å². The molecular formula is C16H20O2. The number of rotatable bonds is 3. The highest BCUT2D eigenvalue weighted by Crippen LogP contribution is 2.31. The third kappa shape index (κ3) is 3.08. The Balaban J connectivity index is 2.11. The summed E-state index contributed by atoms with van der Waals surface area (Å²) in [7, 11) is 0. The van der Waals surface area contributed by atoms with Gasteiger partial charge < -0.3 is 5.11 Å². The largest absolute Gasteiger partial charge is 0.385 e. The number of ketones is 1. The van der Waals surface area contributed by atoms with E-state index in [9.17, 15) is 9.90 Å². The number of carbonyl (C=O) groups excluding carboxylic acids is 1. The van der Waals surface area contributed by atoms with Crippen molar-refractivity contribution in [1.29, 1.82) is 0 Å². The van der Waals surface area contributed by atoms with E-state index in [2.05, 4.69) is 0 Å². The zero-order valence-corrected chi connectivity index (χ0v) is 10.8. The fraction of sp³-hybridized carbons (Fsp3) is 0.438. The minimum absolute atomic E-state index is 0.198. The number of benzene rings is 1. The maximum absolute atomic E-state index is 11.9. The summed E-state index contributed by atoms with van der Waals surface area (Å²) in [4.78, 5) is 11.9. The first-order valence-corrected chi connectivity index (χ1v) is 6.59. The van der Waals surface area contributed by atoms with Gasteiger partial charge in [-0.05, 0) is 25.3 Å². The third-order valence-electron chi connectivity index (χ3n) is 3.67. The lowest BCUT2D eigenvalue weighted by Crippen LogP contribution is -2.39. The first kappa shape index (κ1) is 13.0. The van der Waals surface area contributed by atoms with Gasteiger partial charge in [0.1, 0.15) is 5.78 Å². The standard InChI is InChI=1S/C16H20O2/c1-16(18,14-9-5-6-10-15(14)17)12-11-13-7-3-2-4-8-13/h2-4,7-8,11-12,14,18H,5-6,9-10H2,1H3/b12-11+. The molecule has 2 nitrogen and oxygen atoms in total. The molecule has 2 heteroatoms. The first-order valence-electron chi connectivity index (χ1n) is 6.59. The molecule has 0 saturated heterocycles. The summed E-state index contributed by atoms with van der Waals surface area (Å²) in [5, 5.41) is 10.5. The second-order valence-electron chi connectivity index (χ2n) is 5.23. The molecule has 2 rings (SSSR count). The molecule has 1 fully saturated rings. The second kappa shape index (κ2) is 5.49. The summed E-state index contributed by atoms with van der Waals surface area (Å²) in [5.74, 6) is -0.0461. The maximum Gasteiger partial charge on any atom is 0.139 e. The summed E-state index contributed by atoms with van der Waals surface area (Å²) in [6.45, 7) is 1.74. The van der Waals surface area contributed by atoms with Gasteiger partial charge in [0.05, 0.1) is 5.60 Å². The Labute approximate surface area is 108 Å². The Hall–Kier alpha value is -1.41. The number of aliphatic hydroxyl groups is 1. The van der Waals surface area contributed by atoms with Crippen molar-refractivity contribution in [3.63, 3.8) is 0 Å². The van der Waals surface area contributed by atoms with E-state index in [1.54, 1.807) is 13.0 Å². The van der Waals surface area contributed by atoms with Crippen LogP contribution in [0.4, 0.5) is 0 Å². The summed E-state index contributed by atoms with van der Waals surface area (Å²) >= 11 is 0. The van der Waals surface area contributed by atoms with Gasteiger partial charge in [0.2, 0.25) is 0 Å². The molecular weight excluding hydrogens is 224 g/mol. The Morgan fingerprint density at radius 1 is 1.28 bits per heavy atom. The molecule has 1 aromatic carbocycles. The fourth-order valence-electron chi connectivity index (χ4n) is 2.55. The van der Waals surface area contributed by atoms with Crippen LogP contribution in [-0.4, -0.2) is 16.5 Å². The molecule has 1 saturated carbocycles. The number of hydrogen-bond donors (Lipinski definition) is 1. The lowest BCUT2D eigenvalue weighted by molar-refractivity contribution is -0.131. The predicted molar refractivity (Wildman–Crippen MR) is 73.1 cm³/mol. The van der Waals surface area contributed by atoms with Crippen molar-refractivity contribution >= 4 is 11.9 Å². The van der Waals surface area contributed by atoms with E-state index in [-0.39, 0.29) is 11.7 Å². The summed E-state index contributed by atoms with van der Waals surface area (Å²) in [6, 6.07) is 9.84. The minimum Gasteiger partial charge on any atom is -0.385 e. The Morgan fingerprint density at radius 3 is 2.67 bits per heavy atom. The molecule has 0 aliphatic heterocycles. The van der Waals surface area contributed by atoms with Crippen molar-refractivity contribution < 1.29 is 9.90 Å². The number of hydrogen-bond acceptors (Lipinski definition) is 2. The molecule has 0 aromatic heterocycles. The highest BCUT2D eigenvalue weighted by molar-refractivity contribution is 5.83. The summed E-state index contributed by atoms with van der Waals surface area (Å²) in [5.41, 5.74) is 0.00824. The lowest BCUT2D eigenvalue weighted by atomic mass is 9.76. The third-order valence-corrected chi connectivity index (χ3v) is 3.67. The second-order valence-corrected chi connectivity index (χ2v) is 5.23. The van der Waals surface area contributed by atoms with Gasteiger partial charge in [0, 0.05) is 12.3 Å². The smallest absolute Gasteiger partial charge is 0.139 e. The normalized spacial score (nSPS) is 24.1. The fourth-order valence-corrected chi connectivity index (χ4v) is 2.55. The van der Waals surface area contributed by atoms with Crippen molar-refractivity contribution in [3.05, 3.63) is 42.0 Å². The van der Waals surface area contributed by atoms with Crippen LogP contribution in [0.5, 0.6) is 0 Å². The van der Waals surface area contributed by atoms with Crippen molar-refractivity contribution in [2.75, 3.05) is 0 Å². The van der Waals surface area contributed by atoms with E-state index in [1.807, 2.05) is 36.4 Å². The Kier molecular flexibility index (Phi) is 3.97. The van der Waals surface area contributed by atoms with Gasteiger partial charge >= 0.3 is 0 Å². The minimum atomic E-state index is -1.03. The maximum atomic E-state index is 11.9. The van der Waals surface area contributed by atoms with Crippen molar-refractivity contribution in [3.8, 4) is 0 Å². The average molecular weight is 244 g/mol. The molecule has 1 aliphatic carbocycles. The monoisotopic (exact) mass is 244 g/mol. The van der Waals surface area contributed by atoms with Gasteiger partial charge in [-0.1, -0.05) is 48.9 Å². The van der Waals surface area contributed by atoms with Gasteiger partial charge in [-0.2, -0.15) is 0 Å². The van der Waals surface area contributed by atoms with E-state index in [1.165, 1.54) is 0 Å². The van der Waals surface area contributed by atoms with Crippen LogP contribution in [0.3, 0.4) is 0 Å². The van der Waals surface area contributed by atoms with E-state index in [4.69, 9.17) is 0 Å². The zero-order chi connectivity index (χ0) is 13.0. The van der Waals surface area contributed by atoms with Crippen molar-refractivity contribution in [2.24, 2.45) is 5.92 Å². The number of Topliss-reactive ketones (excluding diaryl/α,β-unsaturated/α-hetero) is 1. The molecule has 0 radical (unpaired) electrons. The van der Waals surface area contributed by atoms with Crippen molar-refractivity contribution in [2.45, 2.75) is 38.2 Å². The quantitative estimate of drug-likeness (QED) is 0.886. The molecule has 2 atom stereocenters. The van der Waals surface area contributed by atoms with E-state index >= 15 is 0 Å². The average Bonchev–Trinajstić information content (AvgIpc) is 2.38. The highest BCUT2D eigenvalue weighted by atomic mass is 16.3. The SMILES string of the molecule is CC(O)(/C=C/c1ccccc1)C1CCCCC1=O. The summed E-state index contributed by atoms with van der Waals surface area (Å²) < 4.78 is 0. The van der Waals surface area contributed by atoms with Gasteiger partial charge in [0.15, 0.2) is 0 Å². The molecule has 0 bridgehead atoms. The van der Waals surface area contributed by atoms with E-state index in [0.717, 1.165) is 24.8 Å².